The summed E-state index contributed by atoms with van der Waals surface area (Å²) in [4.78, 5) is 38.8. The van der Waals surface area contributed by atoms with E-state index in [0.29, 0.717) is 13.0 Å². The molecule has 3 rings (SSSR count). The predicted molar refractivity (Wildman–Crippen MR) is 99.8 cm³/mol. The summed E-state index contributed by atoms with van der Waals surface area (Å²) in [5, 5.41) is 7.32. The van der Waals surface area contributed by atoms with Crippen molar-refractivity contribution >= 4 is 29.2 Å². The maximum absolute atomic E-state index is 12.7. The lowest BCUT2D eigenvalue weighted by atomic mass is 10.0. The van der Waals surface area contributed by atoms with E-state index in [1.165, 1.54) is 16.9 Å². The van der Waals surface area contributed by atoms with Gasteiger partial charge in [-0.2, -0.15) is 0 Å². The van der Waals surface area contributed by atoms with E-state index >= 15 is 0 Å². The molecule has 7 heteroatoms. The van der Waals surface area contributed by atoms with Crippen LogP contribution >= 0.6 is 11.3 Å². The maximum Gasteiger partial charge on any atom is 0.325 e. The third-order valence-electron chi connectivity index (χ3n) is 4.57. The molecular weight excluding hydrogens is 350 g/mol. The van der Waals surface area contributed by atoms with E-state index in [0.717, 1.165) is 15.3 Å². The molecule has 1 atom stereocenters. The molecule has 1 aromatic carbocycles. The SMILES string of the molecule is Cc1ccccc1CCNC(=O)CN1C(=O)NC(C)(c2cccs2)C1=O. The molecule has 26 heavy (non-hydrogen) atoms. The van der Waals surface area contributed by atoms with Gasteiger partial charge in [-0.15, -0.1) is 11.3 Å². The van der Waals surface area contributed by atoms with Crippen molar-refractivity contribution in [1.29, 1.82) is 0 Å². The van der Waals surface area contributed by atoms with Crippen molar-refractivity contribution in [1.82, 2.24) is 15.5 Å². The molecule has 1 aliphatic rings. The molecule has 0 spiro atoms. The molecule has 0 radical (unpaired) electrons. The Hall–Kier alpha value is -2.67. The molecule has 0 bridgehead atoms. The Labute approximate surface area is 156 Å². The van der Waals surface area contributed by atoms with Crippen molar-refractivity contribution in [3.8, 4) is 0 Å². The van der Waals surface area contributed by atoms with Crippen LogP contribution < -0.4 is 10.6 Å². The minimum Gasteiger partial charge on any atom is -0.354 e. The number of rotatable bonds is 6. The number of amides is 4. The fourth-order valence-electron chi connectivity index (χ4n) is 3.00. The highest BCUT2D eigenvalue weighted by Gasteiger charge is 2.50. The average Bonchev–Trinajstić information content (AvgIpc) is 3.21. The van der Waals surface area contributed by atoms with Crippen molar-refractivity contribution in [3.05, 3.63) is 57.8 Å². The minimum atomic E-state index is -1.10. The van der Waals surface area contributed by atoms with Crippen LogP contribution in [0.25, 0.3) is 0 Å². The van der Waals surface area contributed by atoms with Gasteiger partial charge in [0.15, 0.2) is 5.54 Å². The van der Waals surface area contributed by atoms with Gasteiger partial charge < -0.3 is 10.6 Å². The lowest BCUT2D eigenvalue weighted by molar-refractivity contribution is -0.134. The summed E-state index contributed by atoms with van der Waals surface area (Å²) in [6.07, 6.45) is 0.700. The molecule has 1 unspecified atom stereocenters. The first-order chi connectivity index (χ1) is 12.4. The van der Waals surface area contributed by atoms with Crippen LogP contribution in [0.2, 0.25) is 0 Å². The molecule has 1 aromatic heterocycles. The van der Waals surface area contributed by atoms with Crippen LogP contribution in [-0.2, 0) is 21.5 Å². The topological polar surface area (TPSA) is 78.5 Å². The number of carbonyl (C=O) groups is 3. The van der Waals surface area contributed by atoms with Crippen LogP contribution in [-0.4, -0.2) is 35.8 Å². The average molecular weight is 371 g/mol. The zero-order valence-electron chi connectivity index (χ0n) is 14.7. The van der Waals surface area contributed by atoms with E-state index in [1.807, 2.05) is 42.6 Å². The summed E-state index contributed by atoms with van der Waals surface area (Å²) >= 11 is 1.40. The number of hydrogen-bond donors (Lipinski definition) is 2. The second-order valence-corrected chi connectivity index (χ2v) is 7.40. The van der Waals surface area contributed by atoms with Crippen molar-refractivity contribution in [2.75, 3.05) is 13.1 Å². The largest absolute Gasteiger partial charge is 0.354 e. The summed E-state index contributed by atoms with van der Waals surface area (Å²) in [5.41, 5.74) is 1.22. The zero-order chi connectivity index (χ0) is 18.7. The number of thiophene rings is 1. The molecular formula is C19H21N3O3S. The van der Waals surface area contributed by atoms with Gasteiger partial charge in [-0.25, -0.2) is 4.79 Å². The first-order valence-corrected chi connectivity index (χ1v) is 9.29. The Kier molecular flexibility index (Phi) is 5.08. The number of hydrogen-bond acceptors (Lipinski definition) is 4. The van der Waals surface area contributed by atoms with Gasteiger partial charge >= 0.3 is 6.03 Å². The van der Waals surface area contributed by atoms with E-state index in [1.54, 1.807) is 13.0 Å². The number of carbonyl (C=O) groups excluding carboxylic acids is 3. The highest BCUT2D eigenvalue weighted by Crippen LogP contribution is 2.31. The first-order valence-electron chi connectivity index (χ1n) is 8.41. The monoisotopic (exact) mass is 371 g/mol. The van der Waals surface area contributed by atoms with Crippen molar-refractivity contribution in [2.24, 2.45) is 0 Å². The first kappa shape index (κ1) is 18.1. The molecule has 4 amide bonds. The minimum absolute atomic E-state index is 0.278. The van der Waals surface area contributed by atoms with Crippen molar-refractivity contribution in [3.63, 3.8) is 0 Å². The van der Waals surface area contributed by atoms with Gasteiger partial charge in [-0.1, -0.05) is 30.3 Å². The van der Waals surface area contributed by atoms with Crippen LogP contribution in [0.3, 0.4) is 0 Å². The summed E-state index contributed by atoms with van der Waals surface area (Å²) in [5.74, 6) is -0.753. The standard InChI is InChI=1S/C19H21N3O3S/c1-13-6-3-4-7-14(13)9-10-20-16(23)12-22-17(24)19(2,21-18(22)25)15-8-5-11-26-15/h3-8,11H,9-10,12H2,1-2H3,(H,20,23)(H,21,25). The zero-order valence-corrected chi connectivity index (χ0v) is 15.6. The fraction of sp³-hybridized carbons (Fsp3) is 0.316. The molecule has 0 saturated carbocycles. The second-order valence-electron chi connectivity index (χ2n) is 6.45. The van der Waals surface area contributed by atoms with Crippen molar-refractivity contribution in [2.45, 2.75) is 25.8 Å². The van der Waals surface area contributed by atoms with Crippen LogP contribution in [0.4, 0.5) is 4.79 Å². The lowest BCUT2D eigenvalue weighted by Gasteiger charge is -2.20. The summed E-state index contributed by atoms with van der Waals surface area (Å²) in [7, 11) is 0. The van der Waals surface area contributed by atoms with E-state index < -0.39 is 17.5 Å². The third kappa shape index (κ3) is 3.48. The van der Waals surface area contributed by atoms with Gasteiger partial charge in [-0.3, -0.25) is 14.5 Å². The molecule has 1 saturated heterocycles. The summed E-state index contributed by atoms with van der Waals surface area (Å²) in [6, 6.07) is 11.1. The Bertz CT molecular complexity index is 834. The maximum atomic E-state index is 12.7. The smallest absolute Gasteiger partial charge is 0.325 e. The normalized spacial score (nSPS) is 19.5. The number of urea groups is 1. The van der Waals surface area contributed by atoms with Gasteiger partial charge in [0.2, 0.25) is 5.91 Å². The summed E-state index contributed by atoms with van der Waals surface area (Å²) in [6.45, 7) is 3.86. The highest BCUT2D eigenvalue weighted by atomic mass is 32.1. The van der Waals surface area contributed by atoms with E-state index in [-0.39, 0.29) is 12.5 Å². The molecule has 0 aliphatic carbocycles. The molecule has 2 heterocycles. The lowest BCUT2D eigenvalue weighted by Crippen LogP contribution is -2.43. The van der Waals surface area contributed by atoms with Gasteiger partial charge in [0.1, 0.15) is 6.54 Å². The third-order valence-corrected chi connectivity index (χ3v) is 5.66. The molecule has 2 aromatic rings. The van der Waals surface area contributed by atoms with Gasteiger partial charge in [0, 0.05) is 11.4 Å². The predicted octanol–water partition coefficient (Wildman–Crippen LogP) is 2.18. The number of imide groups is 1. The Morgan fingerprint density at radius 2 is 2.00 bits per heavy atom. The highest BCUT2D eigenvalue weighted by molar-refractivity contribution is 7.10. The van der Waals surface area contributed by atoms with Gasteiger partial charge in [-0.05, 0) is 42.8 Å². The van der Waals surface area contributed by atoms with Gasteiger partial charge in [0.25, 0.3) is 5.91 Å². The van der Waals surface area contributed by atoms with Crippen LogP contribution in [0.1, 0.15) is 22.9 Å². The van der Waals surface area contributed by atoms with E-state index in [2.05, 4.69) is 10.6 Å². The number of benzene rings is 1. The molecule has 136 valence electrons. The van der Waals surface area contributed by atoms with Crippen LogP contribution in [0.5, 0.6) is 0 Å². The van der Waals surface area contributed by atoms with Crippen LogP contribution in [0.15, 0.2) is 41.8 Å². The van der Waals surface area contributed by atoms with Gasteiger partial charge in [0.05, 0.1) is 0 Å². The number of aryl methyl sites for hydroxylation is 1. The molecule has 2 N–H and O–H groups in total. The van der Waals surface area contributed by atoms with E-state index in [9.17, 15) is 14.4 Å². The Morgan fingerprint density at radius 1 is 1.23 bits per heavy atom. The number of nitrogens with zero attached hydrogens (tertiary/aromatic N) is 1. The molecule has 1 aliphatic heterocycles. The Balaban J connectivity index is 1.57. The number of nitrogens with one attached hydrogen (secondary N) is 2. The molecule has 6 nitrogen and oxygen atoms in total. The second kappa shape index (κ2) is 7.29. The Morgan fingerprint density at radius 3 is 2.69 bits per heavy atom. The van der Waals surface area contributed by atoms with E-state index in [4.69, 9.17) is 0 Å². The summed E-state index contributed by atoms with van der Waals surface area (Å²) < 4.78 is 0. The fourth-order valence-corrected chi connectivity index (χ4v) is 3.83. The van der Waals surface area contributed by atoms with Crippen molar-refractivity contribution < 1.29 is 14.4 Å². The van der Waals surface area contributed by atoms with Crippen LogP contribution in [0, 0.1) is 6.92 Å². The molecule has 1 fully saturated rings. The quantitative estimate of drug-likeness (QED) is 0.764.